The standard InChI is InChI=1S/C20H27FN4O2/c1-13-11-14(2)25(23-13)15(3)19(27)24(20(4,5)6)12-18(26)22-17-9-7-16(21)8-10-17/h7-11,15H,12H2,1-6H3,(H,22,26)/t15-/m0/s1. The lowest BCUT2D eigenvalue weighted by molar-refractivity contribution is -0.142. The summed E-state index contributed by atoms with van der Waals surface area (Å²) in [6.45, 7) is 11.1. The average molecular weight is 374 g/mol. The second-order valence-electron chi connectivity index (χ2n) is 7.70. The van der Waals surface area contributed by atoms with E-state index in [1.807, 2.05) is 40.7 Å². The summed E-state index contributed by atoms with van der Waals surface area (Å²) < 4.78 is 14.7. The first-order chi connectivity index (χ1) is 12.5. The minimum absolute atomic E-state index is 0.108. The van der Waals surface area contributed by atoms with E-state index < -0.39 is 11.6 Å². The number of nitrogens with zero attached hydrogens (tertiary/aromatic N) is 3. The Morgan fingerprint density at radius 2 is 1.81 bits per heavy atom. The van der Waals surface area contributed by atoms with E-state index in [4.69, 9.17) is 0 Å². The maximum absolute atomic E-state index is 13.1. The molecule has 2 rings (SSSR count). The van der Waals surface area contributed by atoms with Crippen molar-refractivity contribution in [2.75, 3.05) is 11.9 Å². The van der Waals surface area contributed by atoms with Crippen molar-refractivity contribution >= 4 is 17.5 Å². The van der Waals surface area contributed by atoms with Crippen LogP contribution in [0.5, 0.6) is 0 Å². The smallest absolute Gasteiger partial charge is 0.248 e. The summed E-state index contributed by atoms with van der Waals surface area (Å²) in [4.78, 5) is 27.1. The summed E-state index contributed by atoms with van der Waals surface area (Å²) in [5, 5.41) is 7.08. The van der Waals surface area contributed by atoms with E-state index in [0.29, 0.717) is 5.69 Å². The first kappa shape index (κ1) is 20.6. The molecule has 0 spiro atoms. The molecule has 7 heteroatoms. The summed E-state index contributed by atoms with van der Waals surface area (Å²) >= 11 is 0. The van der Waals surface area contributed by atoms with Crippen LogP contribution in [-0.4, -0.2) is 38.6 Å². The van der Waals surface area contributed by atoms with Crippen LogP contribution in [0.25, 0.3) is 0 Å². The Kier molecular flexibility index (Phi) is 6.03. The third kappa shape index (κ3) is 5.15. The molecule has 0 saturated carbocycles. The van der Waals surface area contributed by atoms with Crippen molar-refractivity contribution < 1.29 is 14.0 Å². The Labute approximate surface area is 159 Å². The van der Waals surface area contributed by atoms with Gasteiger partial charge in [0.15, 0.2) is 0 Å². The topological polar surface area (TPSA) is 67.2 Å². The van der Waals surface area contributed by atoms with Crippen molar-refractivity contribution in [2.24, 2.45) is 0 Å². The molecule has 0 aliphatic rings. The van der Waals surface area contributed by atoms with Crippen molar-refractivity contribution in [1.29, 1.82) is 0 Å². The fourth-order valence-corrected chi connectivity index (χ4v) is 2.89. The third-order valence-corrected chi connectivity index (χ3v) is 4.27. The molecule has 1 heterocycles. The lowest BCUT2D eigenvalue weighted by Gasteiger charge is -2.37. The molecule has 6 nitrogen and oxygen atoms in total. The number of carbonyl (C=O) groups excluding carboxylic acids is 2. The summed E-state index contributed by atoms with van der Waals surface area (Å²) in [5.74, 6) is -0.911. The number of rotatable bonds is 5. The molecule has 0 unspecified atom stereocenters. The van der Waals surface area contributed by atoms with Crippen molar-refractivity contribution in [3.63, 3.8) is 0 Å². The molecule has 1 N–H and O–H groups in total. The van der Waals surface area contributed by atoms with Gasteiger partial charge in [0.1, 0.15) is 18.4 Å². The fraction of sp³-hybridized carbons (Fsp3) is 0.450. The highest BCUT2D eigenvalue weighted by atomic mass is 19.1. The van der Waals surface area contributed by atoms with Crippen molar-refractivity contribution in [3.8, 4) is 0 Å². The Morgan fingerprint density at radius 1 is 1.22 bits per heavy atom. The SMILES string of the molecule is Cc1cc(C)n([C@@H](C)C(=O)N(CC(=O)Nc2ccc(F)cc2)C(C)(C)C)n1. The maximum Gasteiger partial charge on any atom is 0.248 e. The van der Waals surface area contributed by atoms with Crippen molar-refractivity contribution in [2.45, 2.75) is 53.1 Å². The number of halogens is 1. The minimum Gasteiger partial charge on any atom is -0.327 e. The molecule has 0 saturated heterocycles. The molecule has 1 atom stereocenters. The van der Waals surface area contributed by atoms with Crippen LogP contribution in [0.1, 0.15) is 45.1 Å². The van der Waals surface area contributed by atoms with Gasteiger partial charge in [-0.25, -0.2) is 4.39 Å². The van der Waals surface area contributed by atoms with Crippen LogP contribution in [0.2, 0.25) is 0 Å². The van der Waals surface area contributed by atoms with Gasteiger partial charge in [0, 0.05) is 16.9 Å². The molecule has 0 aliphatic carbocycles. The van der Waals surface area contributed by atoms with E-state index in [1.165, 1.54) is 29.2 Å². The van der Waals surface area contributed by atoms with Crippen LogP contribution < -0.4 is 5.32 Å². The zero-order valence-electron chi connectivity index (χ0n) is 16.7. The summed E-state index contributed by atoms with van der Waals surface area (Å²) in [6.07, 6.45) is 0. The van der Waals surface area contributed by atoms with Gasteiger partial charge in [-0.3, -0.25) is 14.3 Å². The van der Waals surface area contributed by atoms with Gasteiger partial charge in [-0.05, 0) is 71.9 Å². The molecule has 0 radical (unpaired) electrons. The van der Waals surface area contributed by atoms with Gasteiger partial charge in [-0.2, -0.15) is 5.10 Å². The van der Waals surface area contributed by atoms with Gasteiger partial charge < -0.3 is 10.2 Å². The van der Waals surface area contributed by atoms with Crippen molar-refractivity contribution in [1.82, 2.24) is 14.7 Å². The molecule has 1 aromatic carbocycles. The molecule has 0 fully saturated rings. The summed E-state index contributed by atoms with van der Waals surface area (Å²) in [7, 11) is 0. The molecule has 0 aliphatic heterocycles. The Balaban J connectivity index is 2.17. The Hall–Kier alpha value is -2.70. The number of carbonyl (C=O) groups is 2. The third-order valence-electron chi connectivity index (χ3n) is 4.27. The molecule has 0 bridgehead atoms. The van der Waals surface area contributed by atoms with Gasteiger partial charge in [-0.15, -0.1) is 0 Å². The maximum atomic E-state index is 13.1. The van der Waals surface area contributed by atoms with E-state index >= 15 is 0 Å². The molecule has 2 aromatic rings. The van der Waals surface area contributed by atoms with Crippen LogP contribution in [-0.2, 0) is 9.59 Å². The second-order valence-corrected chi connectivity index (χ2v) is 7.70. The number of benzene rings is 1. The highest BCUT2D eigenvalue weighted by Gasteiger charge is 2.33. The van der Waals surface area contributed by atoms with E-state index in [9.17, 15) is 14.0 Å². The van der Waals surface area contributed by atoms with E-state index in [0.717, 1.165) is 11.4 Å². The quantitative estimate of drug-likeness (QED) is 0.871. The fourth-order valence-electron chi connectivity index (χ4n) is 2.89. The molecule has 2 amide bonds. The summed E-state index contributed by atoms with van der Waals surface area (Å²) in [5.41, 5.74) is 1.65. The highest BCUT2D eigenvalue weighted by molar-refractivity contribution is 5.95. The lowest BCUT2D eigenvalue weighted by atomic mass is 10.0. The minimum atomic E-state index is -0.554. The number of nitrogens with one attached hydrogen (secondary N) is 1. The van der Waals surface area contributed by atoms with Crippen LogP contribution in [0.4, 0.5) is 10.1 Å². The summed E-state index contributed by atoms with van der Waals surface area (Å²) in [6, 6.07) is 6.88. The molecular formula is C20H27FN4O2. The van der Waals surface area contributed by atoms with Gasteiger partial charge in [0.25, 0.3) is 0 Å². The molecule has 146 valence electrons. The van der Waals surface area contributed by atoms with Crippen LogP contribution >= 0.6 is 0 Å². The number of aromatic nitrogens is 2. The van der Waals surface area contributed by atoms with Gasteiger partial charge in [0.2, 0.25) is 11.8 Å². The van der Waals surface area contributed by atoms with Gasteiger partial charge in [0.05, 0.1) is 5.69 Å². The zero-order valence-corrected chi connectivity index (χ0v) is 16.7. The Bertz CT molecular complexity index is 821. The van der Waals surface area contributed by atoms with Crippen molar-refractivity contribution in [3.05, 3.63) is 47.5 Å². The zero-order chi connectivity index (χ0) is 20.4. The van der Waals surface area contributed by atoms with Gasteiger partial charge >= 0.3 is 0 Å². The van der Waals surface area contributed by atoms with E-state index in [-0.39, 0.29) is 24.2 Å². The molecule has 27 heavy (non-hydrogen) atoms. The van der Waals surface area contributed by atoms with Crippen LogP contribution in [0.15, 0.2) is 30.3 Å². The monoisotopic (exact) mass is 374 g/mol. The predicted molar refractivity (Wildman–Crippen MR) is 103 cm³/mol. The average Bonchev–Trinajstić information content (AvgIpc) is 2.91. The first-order valence-electron chi connectivity index (χ1n) is 8.88. The normalized spacial score (nSPS) is 12.6. The second kappa shape index (κ2) is 7.90. The lowest BCUT2D eigenvalue weighted by Crippen LogP contribution is -2.51. The van der Waals surface area contributed by atoms with E-state index in [2.05, 4.69) is 10.4 Å². The Morgan fingerprint density at radius 3 is 2.30 bits per heavy atom. The number of aryl methyl sites for hydroxylation is 2. The van der Waals surface area contributed by atoms with Crippen LogP contribution in [0, 0.1) is 19.7 Å². The number of amides is 2. The molecule has 1 aromatic heterocycles. The van der Waals surface area contributed by atoms with Gasteiger partial charge in [-0.1, -0.05) is 0 Å². The first-order valence-corrected chi connectivity index (χ1v) is 8.88. The van der Waals surface area contributed by atoms with E-state index in [1.54, 1.807) is 11.6 Å². The number of hydrogen-bond acceptors (Lipinski definition) is 3. The molecular weight excluding hydrogens is 347 g/mol. The number of hydrogen-bond donors (Lipinski definition) is 1. The van der Waals surface area contributed by atoms with Crippen LogP contribution in [0.3, 0.4) is 0 Å². The highest BCUT2D eigenvalue weighted by Crippen LogP contribution is 2.21. The largest absolute Gasteiger partial charge is 0.327 e. The predicted octanol–water partition coefficient (Wildman–Crippen LogP) is 3.47. The number of anilines is 1.